The van der Waals surface area contributed by atoms with E-state index in [1.165, 1.54) is 5.69 Å². The number of nitrogens with one attached hydrogen (secondary N) is 1. The van der Waals surface area contributed by atoms with Crippen molar-refractivity contribution in [3.05, 3.63) is 24.1 Å². The maximum Gasteiger partial charge on any atom is 0.192 e. The minimum Gasteiger partial charge on any atom is -0.439 e. The first-order chi connectivity index (χ1) is 7.84. The molecule has 4 heteroatoms. The Morgan fingerprint density at radius 1 is 1.31 bits per heavy atom. The van der Waals surface area contributed by atoms with E-state index in [9.17, 15) is 0 Å². The van der Waals surface area contributed by atoms with E-state index in [0.29, 0.717) is 0 Å². The summed E-state index contributed by atoms with van der Waals surface area (Å²) in [6, 6.07) is 6.15. The first kappa shape index (κ1) is 9.66. The van der Waals surface area contributed by atoms with Crippen molar-refractivity contribution in [3.63, 3.8) is 0 Å². The number of aromatic nitrogens is 1. The van der Waals surface area contributed by atoms with Crippen LogP contribution in [0.4, 0.5) is 5.69 Å². The maximum absolute atomic E-state index is 5.68. The molecule has 1 aliphatic rings. The predicted molar refractivity (Wildman–Crippen MR) is 63.8 cm³/mol. The molecule has 0 atom stereocenters. The highest BCUT2D eigenvalue weighted by Gasteiger charge is 2.15. The molecule has 4 nitrogen and oxygen atoms in total. The molecule has 0 saturated carbocycles. The first-order valence-corrected chi connectivity index (χ1v) is 5.66. The molecule has 0 spiro atoms. The van der Waals surface area contributed by atoms with Crippen LogP contribution in [0.5, 0.6) is 0 Å². The Labute approximate surface area is 94.3 Å². The molecule has 1 aliphatic heterocycles. The number of hydrogen-bond donors (Lipinski definition) is 1. The van der Waals surface area contributed by atoms with E-state index < -0.39 is 0 Å². The Kier molecular flexibility index (Phi) is 2.29. The van der Waals surface area contributed by atoms with E-state index >= 15 is 0 Å². The molecule has 0 bridgehead atoms. The number of benzene rings is 1. The lowest BCUT2D eigenvalue weighted by Crippen LogP contribution is -2.43. The molecule has 3 rings (SSSR count). The Hall–Kier alpha value is -1.55. The van der Waals surface area contributed by atoms with Crippen molar-refractivity contribution in [1.82, 2.24) is 10.3 Å². The van der Waals surface area contributed by atoms with Gasteiger partial charge in [0.05, 0.1) is 5.69 Å². The van der Waals surface area contributed by atoms with Crippen LogP contribution in [0, 0.1) is 6.92 Å². The molecule has 1 aromatic heterocycles. The third kappa shape index (κ3) is 1.55. The average molecular weight is 217 g/mol. The van der Waals surface area contributed by atoms with Crippen molar-refractivity contribution in [1.29, 1.82) is 0 Å². The molecule has 0 aliphatic carbocycles. The highest BCUT2D eigenvalue weighted by atomic mass is 16.3. The topological polar surface area (TPSA) is 41.3 Å². The summed E-state index contributed by atoms with van der Waals surface area (Å²) >= 11 is 0. The number of piperazine rings is 1. The molecular formula is C12H15N3O. The number of aryl methyl sites for hydroxylation is 1. The van der Waals surface area contributed by atoms with Gasteiger partial charge in [0, 0.05) is 33.1 Å². The number of para-hydroxylation sites is 1. The molecule has 0 unspecified atom stereocenters. The van der Waals surface area contributed by atoms with E-state index in [4.69, 9.17) is 4.42 Å². The standard InChI is InChI=1S/C12H15N3O/c1-9-14-10-3-2-4-11(12(10)16-9)15-7-5-13-6-8-15/h2-4,13H,5-8H2,1H3. The lowest BCUT2D eigenvalue weighted by molar-refractivity contribution is 0.552. The molecule has 0 amide bonds. The van der Waals surface area contributed by atoms with Crippen LogP contribution in [0.3, 0.4) is 0 Å². The molecule has 2 heterocycles. The Morgan fingerprint density at radius 2 is 2.12 bits per heavy atom. The van der Waals surface area contributed by atoms with Crippen LogP contribution < -0.4 is 10.2 Å². The second-order valence-corrected chi connectivity index (χ2v) is 4.10. The fourth-order valence-corrected chi connectivity index (χ4v) is 2.20. The van der Waals surface area contributed by atoms with Crippen molar-refractivity contribution in [2.24, 2.45) is 0 Å². The summed E-state index contributed by atoms with van der Waals surface area (Å²) in [5, 5.41) is 3.35. The van der Waals surface area contributed by atoms with Gasteiger partial charge in [0.2, 0.25) is 0 Å². The summed E-state index contributed by atoms with van der Waals surface area (Å²) in [7, 11) is 0. The zero-order valence-electron chi connectivity index (χ0n) is 9.36. The lowest BCUT2D eigenvalue weighted by Gasteiger charge is -2.29. The number of hydrogen-bond acceptors (Lipinski definition) is 4. The highest BCUT2D eigenvalue weighted by Crippen LogP contribution is 2.27. The molecular weight excluding hydrogens is 202 g/mol. The van der Waals surface area contributed by atoms with Gasteiger partial charge in [-0.1, -0.05) is 6.07 Å². The van der Waals surface area contributed by atoms with Crippen molar-refractivity contribution >= 4 is 16.8 Å². The number of oxazole rings is 1. The zero-order valence-corrected chi connectivity index (χ0v) is 9.36. The normalized spacial score (nSPS) is 16.9. The smallest absolute Gasteiger partial charge is 0.192 e. The fraction of sp³-hybridized carbons (Fsp3) is 0.417. The van der Waals surface area contributed by atoms with Crippen molar-refractivity contribution < 1.29 is 4.42 Å². The second kappa shape index (κ2) is 3.79. The van der Waals surface area contributed by atoms with E-state index in [2.05, 4.69) is 21.3 Å². The van der Waals surface area contributed by atoms with Gasteiger partial charge in [0.25, 0.3) is 0 Å². The number of fused-ring (bicyclic) bond motifs is 1. The summed E-state index contributed by atoms with van der Waals surface area (Å²) in [5.41, 5.74) is 3.04. The molecule has 2 aromatic rings. The number of nitrogens with zero attached hydrogens (tertiary/aromatic N) is 2. The van der Waals surface area contributed by atoms with Gasteiger partial charge < -0.3 is 14.6 Å². The van der Waals surface area contributed by atoms with Crippen LogP contribution >= 0.6 is 0 Å². The quantitative estimate of drug-likeness (QED) is 0.786. The summed E-state index contributed by atoms with van der Waals surface area (Å²) in [4.78, 5) is 6.71. The van der Waals surface area contributed by atoms with Crippen LogP contribution in [0.1, 0.15) is 5.89 Å². The molecule has 84 valence electrons. The minimum atomic E-state index is 0.734. The van der Waals surface area contributed by atoms with Gasteiger partial charge in [0.15, 0.2) is 11.5 Å². The van der Waals surface area contributed by atoms with Gasteiger partial charge in [-0.2, -0.15) is 0 Å². The Morgan fingerprint density at radius 3 is 2.94 bits per heavy atom. The van der Waals surface area contributed by atoms with E-state index in [0.717, 1.165) is 43.2 Å². The summed E-state index contributed by atoms with van der Waals surface area (Å²) in [5.74, 6) is 0.734. The molecule has 1 aromatic carbocycles. The molecule has 1 saturated heterocycles. The average Bonchev–Trinajstić information content (AvgIpc) is 2.70. The monoisotopic (exact) mass is 217 g/mol. The molecule has 1 fully saturated rings. The van der Waals surface area contributed by atoms with Crippen molar-refractivity contribution in [2.75, 3.05) is 31.1 Å². The van der Waals surface area contributed by atoms with Crippen LogP contribution in [0.25, 0.3) is 11.1 Å². The van der Waals surface area contributed by atoms with Crippen molar-refractivity contribution in [2.45, 2.75) is 6.92 Å². The number of rotatable bonds is 1. The second-order valence-electron chi connectivity index (χ2n) is 4.10. The minimum absolute atomic E-state index is 0.734. The highest BCUT2D eigenvalue weighted by molar-refractivity contribution is 5.86. The zero-order chi connectivity index (χ0) is 11.0. The number of anilines is 1. The van der Waals surface area contributed by atoms with Gasteiger partial charge >= 0.3 is 0 Å². The van der Waals surface area contributed by atoms with Gasteiger partial charge in [0.1, 0.15) is 5.52 Å². The van der Waals surface area contributed by atoms with Crippen LogP contribution in [-0.2, 0) is 0 Å². The van der Waals surface area contributed by atoms with E-state index in [-0.39, 0.29) is 0 Å². The van der Waals surface area contributed by atoms with Crippen LogP contribution in [0.2, 0.25) is 0 Å². The molecule has 1 N–H and O–H groups in total. The van der Waals surface area contributed by atoms with Crippen LogP contribution in [0.15, 0.2) is 22.6 Å². The molecule has 0 radical (unpaired) electrons. The third-order valence-corrected chi connectivity index (χ3v) is 2.96. The fourth-order valence-electron chi connectivity index (χ4n) is 2.20. The van der Waals surface area contributed by atoms with Gasteiger partial charge in [-0.15, -0.1) is 0 Å². The Balaban J connectivity index is 2.07. The van der Waals surface area contributed by atoms with Gasteiger partial charge in [-0.3, -0.25) is 0 Å². The Bertz CT molecular complexity index is 500. The summed E-state index contributed by atoms with van der Waals surface area (Å²) in [6.07, 6.45) is 0. The van der Waals surface area contributed by atoms with Gasteiger partial charge in [-0.25, -0.2) is 4.98 Å². The van der Waals surface area contributed by atoms with Crippen molar-refractivity contribution in [3.8, 4) is 0 Å². The first-order valence-electron chi connectivity index (χ1n) is 5.66. The SMILES string of the molecule is Cc1nc2cccc(N3CCNCC3)c2o1. The summed E-state index contributed by atoms with van der Waals surface area (Å²) < 4.78 is 5.68. The van der Waals surface area contributed by atoms with Gasteiger partial charge in [-0.05, 0) is 12.1 Å². The predicted octanol–water partition coefficient (Wildman–Crippen LogP) is 1.55. The summed E-state index contributed by atoms with van der Waals surface area (Å²) in [6.45, 7) is 6.01. The van der Waals surface area contributed by atoms with E-state index in [1.807, 2.05) is 19.1 Å². The maximum atomic E-state index is 5.68. The molecule has 16 heavy (non-hydrogen) atoms. The van der Waals surface area contributed by atoms with Crippen LogP contribution in [-0.4, -0.2) is 31.2 Å². The lowest BCUT2D eigenvalue weighted by atomic mass is 10.2. The third-order valence-electron chi connectivity index (χ3n) is 2.96. The van der Waals surface area contributed by atoms with E-state index in [1.54, 1.807) is 0 Å². The largest absolute Gasteiger partial charge is 0.439 e.